The third-order valence-corrected chi connectivity index (χ3v) is 2.96. The van der Waals surface area contributed by atoms with E-state index in [0.29, 0.717) is 11.3 Å². The van der Waals surface area contributed by atoms with Gasteiger partial charge in [0.2, 0.25) is 0 Å². The fourth-order valence-corrected chi connectivity index (χ4v) is 1.86. The SMILES string of the molecule is Cc1ccc(NC(C)c2ccccc2O)cc1F. The summed E-state index contributed by atoms with van der Waals surface area (Å²) in [6, 6.07) is 12.1. The van der Waals surface area contributed by atoms with Crippen LogP contribution < -0.4 is 5.32 Å². The van der Waals surface area contributed by atoms with Gasteiger partial charge in [-0.2, -0.15) is 0 Å². The van der Waals surface area contributed by atoms with Gasteiger partial charge in [0.15, 0.2) is 0 Å². The quantitative estimate of drug-likeness (QED) is 0.856. The molecular weight excluding hydrogens is 229 g/mol. The van der Waals surface area contributed by atoms with E-state index in [4.69, 9.17) is 0 Å². The van der Waals surface area contributed by atoms with Crippen LogP contribution in [0, 0.1) is 12.7 Å². The maximum atomic E-state index is 13.4. The molecule has 2 aromatic carbocycles. The van der Waals surface area contributed by atoms with Crippen LogP contribution in [0.3, 0.4) is 0 Å². The zero-order chi connectivity index (χ0) is 13.1. The number of hydrogen-bond donors (Lipinski definition) is 2. The Hall–Kier alpha value is -2.03. The standard InChI is InChI=1S/C15H16FNO/c1-10-7-8-12(9-14(10)16)17-11(2)13-5-3-4-6-15(13)18/h3-9,11,17-18H,1-2H3. The molecule has 0 bridgehead atoms. The van der Waals surface area contributed by atoms with Crippen molar-refractivity contribution in [2.45, 2.75) is 19.9 Å². The molecule has 0 radical (unpaired) electrons. The summed E-state index contributed by atoms with van der Waals surface area (Å²) < 4.78 is 13.4. The van der Waals surface area contributed by atoms with Crippen molar-refractivity contribution in [1.82, 2.24) is 0 Å². The molecule has 2 rings (SSSR count). The highest BCUT2D eigenvalue weighted by molar-refractivity contribution is 5.48. The predicted octanol–water partition coefficient (Wildman–Crippen LogP) is 4.01. The van der Waals surface area contributed by atoms with Gasteiger partial charge in [-0.05, 0) is 37.6 Å². The maximum absolute atomic E-state index is 13.4. The molecule has 1 unspecified atom stereocenters. The van der Waals surface area contributed by atoms with Gasteiger partial charge in [0.05, 0.1) is 6.04 Å². The van der Waals surface area contributed by atoms with Gasteiger partial charge in [0, 0.05) is 11.3 Å². The Morgan fingerprint density at radius 1 is 1.17 bits per heavy atom. The van der Waals surface area contributed by atoms with Crippen molar-refractivity contribution in [3.63, 3.8) is 0 Å². The number of phenolic OH excluding ortho intramolecular Hbond substituents is 1. The van der Waals surface area contributed by atoms with E-state index in [1.54, 1.807) is 25.1 Å². The number of phenols is 1. The van der Waals surface area contributed by atoms with Gasteiger partial charge in [0.1, 0.15) is 11.6 Å². The summed E-state index contributed by atoms with van der Waals surface area (Å²) in [6.45, 7) is 3.65. The monoisotopic (exact) mass is 245 g/mol. The molecule has 18 heavy (non-hydrogen) atoms. The molecule has 0 aliphatic carbocycles. The van der Waals surface area contributed by atoms with Crippen molar-refractivity contribution < 1.29 is 9.50 Å². The molecule has 0 spiro atoms. The maximum Gasteiger partial charge on any atom is 0.128 e. The van der Waals surface area contributed by atoms with Crippen LogP contribution in [0.15, 0.2) is 42.5 Å². The fourth-order valence-electron chi connectivity index (χ4n) is 1.86. The van der Waals surface area contributed by atoms with E-state index in [1.165, 1.54) is 6.07 Å². The summed E-state index contributed by atoms with van der Waals surface area (Å²) in [5.41, 5.74) is 2.11. The Morgan fingerprint density at radius 3 is 2.56 bits per heavy atom. The van der Waals surface area contributed by atoms with Crippen LogP contribution in [-0.2, 0) is 0 Å². The molecule has 2 N–H and O–H groups in total. The second-order valence-electron chi connectivity index (χ2n) is 4.39. The van der Waals surface area contributed by atoms with E-state index in [0.717, 1.165) is 5.56 Å². The summed E-state index contributed by atoms with van der Waals surface area (Å²) in [6.07, 6.45) is 0. The van der Waals surface area contributed by atoms with E-state index in [9.17, 15) is 9.50 Å². The number of para-hydroxylation sites is 1. The summed E-state index contributed by atoms with van der Waals surface area (Å²) in [5.74, 6) is 0.00886. The summed E-state index contributed by atoms with van der Waals surface area (Å²) in [4.78, 5) is 0. The number of anilines is 1. The first-order valence-corrected chi connectivity index (χ1v) is 5.88. The molecule has 0 amide bonds. The first-order valence-electron chi connectivity index (χ1n) is 5.88. The first kappa shape index (κ1) is 12.4. The van der Waals surface area contributed by atoms with Gasteiger partial charge >= 0.3 is 0 Å². The van der Waals surface area contributed by atoms with Gasteiger partial charge in [0.25, 0.3) is 0 Å². The first-order chi connectivity index (χ1) is 8.58. The van der Waals surface area contributed by atoms with Gasteiger partial charge in [-0.25, -0.2) is 4.39 Å². The number of nitrogens with one attached hydrogen (secondary N) is 1. The van der Waals surface area contributed by atoms with Crippen LogP contribution in [0.1, 0.15) is 24.1 Å². The number of rotatable bonds is 3. The van der Waals surface area contributed by atoms with Gasteiger partial charge in [-0.15, -0.1) is 0 Å². The molecule has 0 saturated carbocycles. The number of hydrogen-bond acceptors (Lipinski definition) is 2. The number of benzene rings is 2. The molecule has 1 atom stereocenters. The lowest BCUT2D eigenvalue weighted by atomic mass is 10.1. The van der Waals surface area contributed by atoms with Crippen LogP contribution in [0.2, 0.25) is 0 Å². The minimum Gasteiger partial charge on any atom is -0.508 e. The van der Waals surface area contributed by atoms with Gasteiger partial charge < -0.3 is 10.4 Å². The van der Waals surface area contributed by atoms with E-state index in [2.05, 4.69) is 5.32 Å². The van der Waals surface area contributed by atoms with E-state index in [-0.39, 0.29) is 17.6 Å². The average molecular weight is 245 g/mol. The van der Waals surface area contributed by atoms with E-state index < -0.39 is 0 Å². The molecule has 2 aromatic rings. The van der Waals surface area contributed by atoms with Crippen molar-refractivity contribution in [3.05, 3.63) is 59.4 Å². The van der Waals surface area contributed by atoms with Gasteiger partial charge in [-0.1, -0.05) is 24.3 Å². The molecule has 2 nitrogen and oxygen atoms in total. The Labute approximate surface area is 106 Å². The van der Waals surface area contributed by atoms with Crippen LogP contribution >= 0.6 is 0 Å². The summed E-state index contributed by atoms with van der Waals surface area (Å²) in [5, 5.41) is 12.9. The van der Waals surface area contributed by atoms with Crippen molar-refractivity contribution in [2.75, 3.05) is 5.32 Å². The second kappa shape index (κ2) is 5.08. The molecule has 0 heterocycles. The fraction of sp³-hybridized carbons (Fsp3) is 0.200. The minimum atomic E-state index is -0.232. The third-order valence-electron chi connectivity index (χ3n) is 2.96. The average Bonchev–Trinajstić information content (AvgIpc) is 2.34. The number of halogens is 1. The number of aromatic hydroxyl groups is 1. The van der Waals surface area contributed by atoms with Crippen LogP contribution in [0.5, 0.6) is 5.75 Å². The van der Waals surface area contributed by atoms with E-state index in [1.807, 2.05) is 25.1 Å². The van der Waals surface area contributed by atoms with Crippen LogP contribution in [-0.4, -0.2) is 5.11 Å². The van der Waals surface area contributed by atoms with E-state index >= 15 is 0 Å². The lowest BCUT2D eigenvalue weighted by Gasteiger charge is -2.17. The number of aryl methyl sites for hydroxylation is 1. The Bertz CT molecular complexity index is 554. The van der Waals surface area contributed by atoms with Gasteiger partial charge in [-0.3, -0.25) is 0 Å². The Morgan fingerprint density at radius 2 is 1.89 bits per heavy atom. The molecular formula is C15H16FNO. The molecule has 94 valence electrons. The van der Waals surface area contributed by atoms with Crippen LogP contribution in [0.4, 0.5) is 10.1 Å². The largest absolute Gasteiger partial charge is 0.508 e. The highest BCUT2D eigenvalue weighted by atomic mass is 19.1. The third kappa shape index (κ3) is 2.62. The lowest BCUT2D eigenvalue weighted by molar-refractivity contribution is 0.465. The lowest BCUT2D eigenvalue weighted by Crippen LogP contribution is -2.07. The predicted molar refractivity (Wildman–Crippen MR) is 71.3 cm³/mol. The second-order valence-corrected chi connectivity index (χ2v) is 4.39. The van der Waals surface area contributed by atoms with Crippen molar-refractivity contribution in [3.8, 4) is 5.75 Å². The molecule has 0 aliphatic rings. The smallest absolute Gasteiger partial charge is 0.128 e. The molecule has 0 aliphatic heterocycles. The molecule has 0 saturated heterocycles. The molecule has 0 aromatic heterocycles. The highest BCUT2D eigenvalue weighted by Crippen LogP contribution is 2.26. The highest BCUT2D eigenvalue weighted by Gasteiger charge is 2.10. The Kier molecular flexibility index (Phi) is 3.51. The summed E-state index contributed by atoms with van der Waals surface area (Å²) >= 11 is 0. The zero-order valence-corrected chi connectivity index (χ0v) is 10.4. The zero-order valence-electron chi connectivity index (χ0n) is 10.4. The normalized spacial score (nSPS) is 12.2. The Balaban J connectivity index is 2.19. The topological polar surface area (TPSA) is 32.3 Å². The van der Waals surface area contributed by atoms with Crippen molar-refractivity contribution >= 4 is 5.69 Å². The summed E-state index contributed by atoms with van der Waals surface area (Å²) in [7, 11) is 0. The minimum absolute atomic E-state index is 0.0895. The molecule has 3 heteroatoms. The van der Waals surface area contributed by atoms with Crippen molar-refractivity contribution in [1.29, 1.82) is 0 Å². The van der Waals surface area contributed by atoms with Crippen LogP contribution in [0.25, 0.3) is 0 Å². The molecule has 0 fully saturated rings. The van der Waals surface area contributed by atoms with Crippen molar-refractivity contribution in [2.24, 2.45) is 0 Å².